The molecule has 0 saturated carbocycles. The summed E-state index contributed by atoms with van der Waals surface area (Å²) in [4.78, 5) is 15.3. The molecule has 2 aliphatic rings. The van der Waals surface area contributed by atoms with E-state index in [-0.39, 0.29) is 30.0 Å². The predicted octanol–water partition coefficient (Wildman–Crippen LogP) is 2.84. The van der Waals surface area contributed by atoms with Crippen LogP contribution < -0.4 is 15.6 Å². The summed E-state index contributed by atoms with van der Waals surface area (Å²) < 4.78 is 10.8. The van der Waals surface area contributed by atoms with Gasteiger partial charge in [0.05, 0.1) is 19.2 Å². The number of hydrogen-bond acceptors (Lipinski definition) is 5. The Kier molecular flexibility index (Phi) is 6.13. The third kappa shape index (κ3) is 3.88. The van der Waals surface area contributed by atoms with Crippen molar-refractivity contribution in [2.75, 3.05) is 26.9 Å². The number of ether oxygens (including phenoxy) is 2. The molecule has 2 aromatic rings. The van der Waals surface area contributed by atoms with Gasteiger partial charge in [-0.2, -0.15) is 0 Å². The molecule has 2 aliphatic heterocycles. The summed E-state index contributed by atoms with van der Waals surface area (Å²) in [5.41, 5.74) is 8.97. The maximum absolute atomic E-state index is 13.3. The molecule has 2 heterocycles. The monoisotopic (exact) mass is 395 g/mol. The van der Waals surface area contributed by atoms with Crippen molar-refractivity contribution in [2.45, 2.75) is 31.5 Å². The van der Waals surface area contributed by atoms with Gasteiger partial charge in [-0.3, -0.25) is 4.79 Å². The molecule has 154 valence electrons. The largest absolute Gasteiger partial charge is 0.497 e. The van der Waals surface area contributed by atoms with Crippen LogP contribution in [-0.4, -0.2) is 43.7 Å². The Labute approximate surface area is 172 Å². The van der Waals surface area contributed by atoms with Crippen molar-refractivity contribution < 1.29 is 14.3 Å². The summed E-state index contributed by atoms with van der Waals surface area (Å²) in [5.74, 6) is 1.09. The molecule has 0 aromatic heterocycles. The first-order valence-corrected chi connectivity index (χ1v) is 10.3. The molecule has 0 aliphatic carbocycles. The van der Waals surface area contributed by atoms with Crippen LogP contribution >= 0.6 is 0 Å². The predicted molar refractivity (Wildman–Crippen MR) is 111 cm³/mol. The second kappa shape index (κ2) is 8.95. The van der Waals surface area contributed by atoms with Gasteiger partial charge < -0.3 is 14.4 Å². The molecule has 0 bridgehead atoms. The van der Waals surface area contributed by atoms with Crippen LogP contribution in [0.1, 0.15) is 36.6 Å². The van der Waals surface area contributed by atoms with E-state index in [2.05, 4.69) is 35.1 Å². The van der Waals surface area contributed by atoms with E-state index in [1.807, 2.05) is 42.2 Å². The maximum atomic E-state index is 13.3. The van der Waals surface area contributed by atoms with Crippen LogP contribution in [0.4, 0.5) is 0 Å². The van der Waals surface area contributed by atoms with E-state index in [1.165, 1.54) is 5.56 Å². The van der Waals surface area contributed by atoms with Crippen molar-refractivity contribution in [2.24, 2.45) is 5.92 Å². The van der Waals surface area contributed by atoms with Gasteiger partial charge in [0.1, 0.15) is 11.8 Å². The molecule has 2 saturated heterocycles. The summed E-state index contributed by atoms with van der Waals surface area (Å²) in [6.45, 7) is 4.06. The van der Waals surface area contributed by atoms with Crippen LogP contribution in [0.2, 0.25) is 0 Å². The number of hydrogen-bond donors (Lipinski definition) is 2. The van der Waals surface area contributed by atoms with Gasteiger partial charge >= 0.3 is 0 Å². The van der Waals surface area contributed by atoms with Gasteiger partial charge in [-0.1, -0.05) is 42.5 Å². The van der Waals surface area contributed by atoms with E-state index in [9.17, 15) is 4.79 Å². The molecule has 2 aromatic carbocycles. The van der Waals surface area contributed by atoms with E-state index >= 15 is 0 Å². The highest BCUT2D eigenvalue weighted by Crippen LogP contribution is 2.47. The minimum atomic E-state index is -0.237. The van der Waals surface area contributed by atoms with Gasteiger partial charge in [0.15, 0.2) is 0 Å². The molecule has 2 fully saturated rings. The molecular formula is C23H29N3O3. The molecule has 4 rings (SSSR count). The van der Waals surface area contributed by atoms with Crippen molar-refractivity contribution in [3.8, 4) is 5.75 Å². The number of benzene rings is 2. The van der Waals surface area contributed by atoms with Crippen LogP contribution in [0.3, 0.4) is 0 Å². The summed E-state index contributed by atoms with van der Waals surface area (Å²) >= 11 is 0. The highest BCUT2D eigenvalue weighted by Gasteiger charge is 2.55. The smallest absolute Gasteiger partial charge is 0.242 e. The molecule has 0 radical (unpaired) electrons. The fourth-order valence-electron chi connectivity index (χ4n) is 4.58. The topological polar surface area (TPSA) is 62.8 Å². The minimum Gasteiger partial charge on any atom is -0.497 e. The lowest BCUT2D eigenvalue weighted by molar-refractivity contribution is -0.131. The zero-order chi connectivity index (χ0) is 20.2. The van der Waals surface area contributed by atoms with Crippen LogP contribution in [0, 0.1) is 5.92 Å². The van der Waals surface area contributed by atoms with Crippen molar-refractivity contribution in [3.05, 3.63) is 65.7 Å². The average Bonchev–Trinajstić information content (AvgIpc) is 3.31. The summed E-state index contributed by atoms with van der Waals surface area (Å²) in [6.07, 6.45) is 0.836. The molecule has 1 amide bonds. The van der Waals surface area contributed by atoms with Crippen molar-refractivity contribution in [1.82, 2.24) is 15.8 Å². The van der Waals surface area contributed by atoms with Gasteiger partial charge in [-0.25, -0.2) is 10.9 Å². The van der Waals surface area contributed by atoms with E-state index in [0.717, 1.165) is 17.7 Å². The van der Waals surface area contributed by atoms with Gasteiger partial charge in [-0.15, -0.1) is 0 Å². The number of methoxy groups -OCH3 is 1. The lowest BCUT2D eigenvalue weighted by atomic mass is 9.83. The number of amides is 1. The Morgan fingerprint density at radius 3 is 2.38 bits per heavy atom. The zero-order valence-electron chi connectivity index (χ0n) is 17.0. The Balaban J connectivity index is 1.63. The number of likely N-dealkylation sites (tertiary alicyclic amines) is 1. The quantitative estimate of drug-likeness (QED) is 0.673. The van der Waals surface area contributed by atoms with Gasteiger partial charge in [0.25, 0.3) is 0 Å². The average molecular weight is 396 g/mol. The number of fused-ring (bicyclic) bond motifs is 1. The Morgan fingerprint density at radius 1 is 0.966 bits per heavy atom. The molecule has 29 heavy (non-hydrogen) atoms. The normalized spacial score (nSPS) is 26.0. The third-order valence-electron chi connectivity index (χ3n) is 5.92. The van der Waals surface area contributed by atoms with E-state index in [1.54, 1.807) is 7.11 Å². The summed E-state index contributed by atoms with van der Waals surface area (Å²) in [6, 6.07) is 18.3. The molecule has 0 spiro atoms. The number of rotatable bonds is 8. The fourth-order valence-corrected chi connectivity index (χ4v) is 4.58. The molecule has 6 heteroatoms. The SMILES string of the molecule is CCOCCCN1C(=O)C2NNC(c3ccc(OC)cc3)C2C1c1ccccc1. The molecule has 6 nitrogen and oxygen atoms in total. The first-order valence-electron chi connectivity index (χ1n) is 10.3. The third-order valence-corrected chi connectivity index (χ3v) is 5.92. The van der Waals surface area contributed by atoms with Gasteiger partial charge in [0.2, 0.25) is 5.91 Å². The zero-order valence-corrected chi connectivity index (χ0v) is 17.0. The van der Waals surface area contributed by atoms with E-state index in [0.29, 0.717) is 19.8 Å². The maximum Gasteiger partial charge on any atom is 0.242 e. The van der Waals surface area contributed by atoms with Crippen molar-refractivity contribution in [3.63, 3.8) is 0 Å². The highest BCUT2D eigenvalue weighted by atomic mass is 16.5. The highest BCUT2D eigenvalue weighted by molar-refractivity contribution is 5.86. The number of nitrogens with zero attached hydrogens (tertiary/aromatic N) is 1. The number of carbonyl (C=O) groups excluding carboxylic acids is 1. The van der Waals surface area contributed by atoms with Crippen LogP contribution in [0.25, 0.3) is 0 Å². The molecule has 4 atom stereocenters. The number of hydrazine groups is 1. The summed E-state index contributed by atoms with van der Waals surface area (Å²) in [7, 11) is 1.67. The minimum absolute atomic E-state index is 0.0185. The summed E-state index contributed by atoms with van der Waals surface area (Å²) in [5, 5.41) is 0. The Hall–Kier alpha value is -2.41. The standard InChI is InChI=1S/C23H29N3O3/c1-3-29-15-7-14-26-22(17-8-5-4-6-9-17)19-20(24-25-21(19)23(26)27)16-10-12-18(28-2)13-11-16/h4-6,8-13,19-22,24-25H,3,7,14-15H2,1-2H3. The first kappa shape index (κ1) is 19.9. The Morgan fingerprint density at radius 2 is 1.69 bits per heavy atom. The Bertz CT molecular complexity index is 812. The van der Waals surface area contributed by atoms with Crippen LogP contribution in [-0.2, 0) is 9.53 Å². The van der Waals surface area contributed by atoms with Crippen LogP contribution in [0.5, 0.6) is 5.75 Å². The van der Waals surface area contributed by atoms with Crippen molar-refractivity contribution >= 4 is 5.91 Å². The van der Waals surface area contributed by atoms with E-state index in [4.69, 9.17) is 9.47 Å². The van der Waals surface area contributed by atoms with Gasteiger partial charge in [0, 0.05) is 25.7 Å². The lowest BCUT2D eigenvalue weighted by Crippen LogP contribution is -2.41. The number of nitrogens with one attached hydrogen (secondary N) is 2. The van der Waals surface area contributed by atoms with Crippen LogP contribution in [0.15, 0.2) is 54.6 Å². The lowest BCUT2D eigenvalue weighted by Gasteiger charge is -2.31. The molecular weight excluding hydrogens is 366 g/mol. The van der Waals surface area contributed by atoms with Gasteiger partial charge in [-0.05, 0) is 36.6 Å². The molecule has 4 unspecified atom stereocenters. The number of carbonyl (C=O) groups is 1. The van der Waals surface area contributed by atoms with Crippen molar-refractivity contribution in [1.29, 1.82) is 0 Å². The fraction of sp³-hybridized carbons (Fsp3) is 0.435. The second-order valence-corrected chi connectivity index (χ2v) is 7.53. The first-order chi connectivity index (χ1) is 14.2. The van der Waals surface area contributed by atoms with E-state index < -0.39 is 0 Å². The molecule has 2 N–H and O–H groups in total. The second-order valence-electron chi connectivity index (χ2n) is 7.53.